The van der Waals surface area contributed by atoms with Crippen LogP contribution in [-0.4, -0.2) is 44.2 Å². The summed E-state index contributed by atoms with van der Waals surface area (Å²) < 4.78 is 32.0. The van der Waals surface area contributed by atoms with E-state index >= 15 is 0 Å². The molecule has 0 saturated carbocycles. The summed E-state index contributed by atoms with van der Waals surface area (Å²) in [6.45, 7) is 6.70. The van der Waals surface area contributed by atoms with Crippen LogP contribution < -0.4 is 0 Å². The van der Waals surface area contributed by atoms with Crippen molar-refractivity contribution in [3.05, 3.63) is 0 Å². The van der Waals surface area contributed by atoms with Crippen LogP contribution in [0, 0.1) is 0 Å². The molecule has 0 aromatic heterocycles. The van der Waals surface area contributed by atoms with Crippen LogP contribution in [0.15, 0.2) is 0 Å². The van der Waals surface area contributed by atoms with E-state index in [4.69, 9.17) is 28.5 Å². The first-order chi connectivity index (χ1) is 9.54. The molecule has 0 aliphatic heterocycles. The van der Waals surface area contributed by atoms with Gasteiger partial charge >= 0.3 is 7.82 Å². The van der Waals surface area contributed by atoms with Crippen molar-refractivity contribution < 1.29 is 33.0 Å². The summed E-state index contributed by atoms with van der Waals surface area (Å²) in [4.78, 5) is 4.74. The van der Waals surface area contributed by atoms with Gasteiger partial charge in [-0.05, 0) is 26.7 Å². The highest BCUT2D eigenvalue weighted by atomic mass is 31.2. The van der Waals surface area contributed by atoms with Gasteiger partial charge in [0.25, 0.3) is 0 Å². The van der Waals surface area contributed by atoms with Crippen molar-refractivity contribution >= 4 is 7.82 Å². The summed E-state index contributed by atoms with van der Waals surface area (Å²) in [5.41, 5.74) is 0. The Labute approximate surface area is 121 Å². The van der Waals surface area contributed by atoms with Crippen molar-refractivity contribution in [1.82, 2.24) is 0 Å². The van der Waals surface area contributed by atoms with Crippen LogP contribution in [0.4, 0.5) is 0 Å². The Bertz CT molecular complexity index is 260. The molecule has 0 aromatic carbocycles. The molecule has 0 fully saturated rings. The first kappa shape index (κ1) is 20.0. The predicted molar refractivity (Wildman–Crippen MR) is 74.2 cm³/mol. The minimum Gasteiger partial charge on any atom is -0.393 e. The number of hydrogen-bond acceptors (Lipinski definition) is 7. The van der Waals surface area contributed by atoms with Crippen LogP contribution in [0.5, 0.6) is 0 Å². The minimum absolute atomic E-state index is 0.0980. The van der Waals surface area contributed by atoms with E-state index < -0.39 is 13.9 Å². The molecule has 8 heteroatoms. The first-order valence-electron chi connectivity index (χ1n) is 7.00. The molecule has 7 nitrogen and oxygen atoms in total. The SMILES string of the molecule is CCCCOCCOP(=O)(OCC)OOCCC(C)O. The predicted octanol–water partition coefficient (Wildman–Crippen LogP) is 2.68. The Morgan fingerprint density at radius 3 is 2.45 bits per heavy atom. The lowest BCUT2D eigenvalue weighted by molar-refractivity contribution is -0.230. The summed E-state index contributed by atoms with van der Waals surface area (Å²) in [5.74, 6) is 0. The van der Waals surface area contributed by atoms with E-state index in [0.717, 1.165) is 12.8 Å². The maximum absolute atomic E-state index is 12.0. The number of ether oxygens (including phenoxy) is 1. The highest BCUT2D eigenvalue weighted by molar-refractivity contribution is 7.48. The molecule has 2 atom stereocenters. The van der Waals surface area contributed by atoms with Gasteiger partial charge in [-0.25, -0.2) is 9.45 Å². The molecule has 0 radical (unpaired) electrons. The largest absolute Gasteiger partial charge is 0.502 e. The number of aliphatic hydroxyl groups excluding tert-OH is 1. The van der Waals surface area contributed by atoms with Gasteiger partial charge in [-0.1, -0.05) is 13.3 Å². The zero-order chi connectivity index (χ0) is 15.3. The molecule has 0 bridgehead atoms. The van der Waals surface area contributed by atoms with Gasteiger partial charge in [-0.2, -0.15) is 0 Å². The van der Waals surface area contributed by atoms with E-state index in [1.807, 2.05) is 0 Å². The number of hydrogen-bond donors (Lipinski definition) is 1. The molecule has 1 N–H and O–H groups in total. The lowest BCUT2D eigenvalue weighted by Crippen LogP contribution is -2.09. The number of rotatable bonds is 14. The summed E-state index contributed by atoms with van der Waals surface area (Å²) >= 11 is 0. The van der Waals surface area contributed by atoms with Crippen molar-refractivity contribution in [2.24, 2.45) is 0 Å². The molecule has 0 spiro atoms. The third-order valence-corrected chi connectivity index (χ3v) is 3.53. The highest BCUT2D eigenvalue weighted by Gasteiger charge is 2.27. The molecular weight excluding hydrogens is 287 g/mol. The van der Waals surface area contributed by atoms with E-state index in [1.165, 1.54) is 0 Å². The molecule has 2 unspecified atom stereocenters. The van der Waals surface area contributed by atoms with Crippen LogP contribution in [0.25, 0.3) is 0 Å². The second kappa shape index (κ2) is 12.7. The van der Waals surface area contributed by atoms with Crippen molar-refractivity contribution in [2.45, 2.75) is 46.1 Å². The van der Waals surface area contributed by atoms with E-state index in [1.54, 1.807) is 13.8 Å². The third kappa shape index (κ3) is 11.8. The molecular formula is C12H27O7P. The van der Waals surface area contributed by atoms with Gasteiger partial charge in [0.15, 0.2) is 0 Å². The topological polar surface area (TPSA) is 83.5 Å². The summed E-state index contributed by atoms with van der Waals surface area (Å²) in [7, 11) is -3.72. The van der Waals surface area contributed by atoms with E-state index in [9.17, 15) is 4.57 Å². The van der Waals surface area contributed by atoms with E-state index in [2.05, 4.69) is 6.92 Å². The fourth-order valence-electron chi connectivity index (χ4n) is 1.12. The number of aliphatic hydroxyl groups is 1. The van der Waals surface area contributed by atoms with E-state index in [-0.39, 0.29) is 19.8 Å². The Balaban J connectivity index is 3.83. The van der Waals surface area contributed by atoms with Crippen LogP contribution >= 0.6 is 7.82 Å². The normalized spacial score (nSPS) is 16.0. The van der Waals surface area contributed by atoms with Gasteiger partial charge in [0.1, 0.15) is 0 Å². The fraction of sp³-hybridized carbons (Fsp3) is 1.00. The quantitative estimate of drug-likeness (QED) is 0.228. The lowest BCUT2D eigenvalue weighted by atomic mass is 10.3. The molecule has 0 heterocycles. The van der Waals surface area contributed by atoms with Crippen molar-refractivity contribution in [1.29, 1.82) is 0 Å². The summed E-state index contributed by atoms with van der Waals surface area (Å²) in [6.07, 6.45) is 1.88. The first-order valence-corrected chi connectivity index (χ1v) is 8.46. The standard InChI is InChI=1S/C12H27O7P/c1-4-6-8-15-10-11-18-20(14,17-5-2)19-16-9-7-12(3)13/h12-13H,4-11H2,1-3H3. The van der Waals surface area contributed by atoms with Crippen LogP contribution in [0.2, 0.25) is 0 Å². The Morgan fingerprint density at radius 2 is 1.85 bits per heavy atom. The Hall–Kier alpha value is -0.0100. The maximum Gasteiger partial charge on any atom is 0.502 e. The molecule has 122 valence electrons. The van der Waals surface area contributed by atoms with Crippen LogP contribution in [0.1, 0.15) is 40.0 Å². The van der Waals surface area contributed by atoms with Gasteiger partial charge in [0.05, 0.1) is 32.5 Å². The summed E-state index contributed by atoms with van der Waals surface area (Å²) in [5, 5.41) is 9.05. The van der Waals surface area contributed by atoms with Gasteiger partial charge in [0.2, 0.25) is 0 Å². The third-order valence-electron chi connectivity index (χ3n) is 2.17. The number of phosphoric ester groups is 1. The molecule has 0 rings (SSSR count). The average molecular weight is 314 g/mol. The summed E-state index contributed by atoms with van der Waals surface area (Å²) in [6, 6.07) is 0. The zero-order valence-corrected chi connectivity index (χ0v) is 13.5. The molecule has 0 saturated heterocycles. The molecule has 20 heavy (non-hydrogen) atoms. The Morgan fingerprint density at radius 1 is 1.10 bits per heavy atom. The lowest BCUT2D eigenvalue weighted by Gasteiger charge is -2.16. The smallest absolute Gasteiger partial charge is 0.393 e. The van der Waals surface area contributed by atoms with Crippen molar-refractivity contribution in [3.8, 4) is 0 Å². The van der Waals surface area contributed by atoms with Crippen LogP contribution in [0.3, 0.4) is 0 Å². The number of phosphoric acid groups is 1. The van der Waals surface area contributed by atoms with Gasteiger partial charge in [-0.15, -0.1) is 4.67 Å². The van der Waals surface area contributed by atoms with Crippen LogP contribution in [-0.2, 0) is 27.9 Å². The molecule has 0 aromatic rings. The Kier molecular flexibility index (Phi) is 12.7. The maximum atomic E-state index is 12.0. The highest BCUT2D eigenvalue weighted by Crippen LogP contribution is 2.49. The zero-order valence-electron chi connectivity index (χ0n) is 12.6. The van der Waals surface area contributed by atoms with Gasteiger partial charge < -0.3 is 9.84 Å². The van der Waals surface area contributed by atoms with Gasteiger partial charge in [-0.3, -0.25) is 9.05 Å². The van der Waals surface area contributed by atoms with Gasteiger partial charge in [0, 0.05) is 6.61 Å². The van der Waals surface area contributed by atoms with E-state index in [0.29, 0.717) is 19.6 Å². The van der Waals surface area contributed by atoms with Crippen molar-refractivity contribution in [2.75, 3.05) is 33.0 Å². The molecule has 0 amide bonds. The number of unbranched alkanes of at least 4 members (excludes halogenated alkanes) is 1. The average Bonchev–Trinajstić information content (AvgIpc) is 2.39. The minimum atomic E-state index is -3.72. The molecule has 0 aliphatic carbocycles. The molecule has 0 aliphatic rings. The monoisotopic (exact) mass is 314 g/mol. The second-order valence-electron chi connectivity index (χ2n) is 4.20. The second-order valence-corrected chi connectivity index (χ2v) is 5.76. The fourth-order valence-corrected chi connectivity index (χ4v) is 2.09. The van der Waals surface area contributed by atoms with Crippen molar-refractivity contribution in [3.63, 3.8) is 0 Å².